The molecule has 1 aromatic carbocycles. The fraction of sp³-hybridized carbons (Fsp3) is 0.385. The number of Topliss-reactive ketones (excluding diaryl/α,β-unsaturated/α-hetero) is 1. The normalized spacial score (nSPS) is 9.88. The van der Waals surface area contributed by atoms with Gasteiger partial charge in [0.1, 0.15) is 0 Å². The van der Waals surface area contributed by atoms with Crippen molar-refractivity contribution < 1.29 is 14.3 Å². The highest BCUT2D eigenvalue weighted by molar-refractivity contribution is 5.97. The van der Waals surface area contributed by atoms with Gasteiger partial charge in [-0.05, 0) is 18.1 Å². The van der Waals surface area contributed by atoms with Crippen molar-refractivity contribution >= 4 is 11.8 Å². The smallest absolute Gasteiger partial charge is 0.305 e. The fourth-order valence-electron chi connectivity index (χ4n) is 1.43. The molecule has 0 N–H and O–H groups in total. The number of carbonyl (C=O) groups excluding carboxylic acids is 2. The van der Waals surface area contributed by atoms with E-state index < -0.39 is 0 Å². The molecule has 3 nitrogen and oxygen atoms in total. The summed E-state index contributed by atoms with van der Waals surface area (Å²) in [4.78, 5) is 22.6. The third-order valence-electron chi connectivity index (χ3n) is 2.44. The highest BCUT2D eigenvalue weighted by Gasteiger charge is 2.09. The maximum atomic E-state index is 11.7. The van der Waals surface area contributed by atoms with Crippen LogP contribution in [0.2, 0.25) is 0 Å². The molecule has 0 aliphatic heterocycles. The van der Waals surface area contributed by atoms with Crippen LogP contribution in [0.5, 0.6) is 0 Å². The molecule has 0 aliphatic rings. The number of hydrogen-bond acceptors (Lipinski definition) is 3. The van der Waals surface area contributed by atoms with Gasteiger partial charge in [0, 0.05) is 12.0 Å². The van der Waals surface area contributed by atoms with Gasteiger partial charge in [0.05, 0.1) is 13.5 Å². The number of carbonyl (C=O) groups is 2. The highest BCUT2D eigenvalue weighted by Crippen LogP contribution is 2.09. The number of ether oxygens (including phenoxy) is 1. The molecule has 1 rings (SSSR count). The first-order valence-electron chi connectivity index (χ1n) is 5.36. The van der Waals surface area contributed by atoms with Crippen LogP contribution < -0.4 is 0 Å². The quantitative estimate of drug-likeness (QED) is 0.565. The van der Waals surface area contributed by atoms with E-state index in [1.807, 2.05) is 25.1 Å². The first-order chi connectivity index (χ1) is 7.67. The molecule has 1 aromatic rings. The molecule has 86 valence electrons. The van der Waals surface area contributed by atoms with Crippen molar-refractivity contribution in [2.45, 2.75) is 26.2 Å². The zero-order valence-corrected chi connectivity index (χ0v) is 9.66. The summed E-state index contributed by atoms with van der Waals surface area (Å²) < 4.78 is 4.49. The van der Waals surface area contributed by atoms with E-state index in [1.54, 1.807) is 6.07 Å². The predicted octanol–water partition coefficient (Wildman–Crippen LogP) is 2.38. The van der Waals surface area contributed by atoms with Gasteiger partial charge < -0.3 is 4.74 Å². The molecular weight excluding hydrogens is 204 g/mol. The molecule has 0 unspecified atom stereocenters. The molecule has 0 saturated heterocycles. The Morgan fingerprint density at radius 1 is 1.25 bits per heavy atom. The molecule has 0 radical (unpaired) electrons. The Bertz CT molecular complexity index is 383. The first kappa shape index (κ1) is 12.4. The Hall–Kier alpha value is -1.64. The Morgan fingerprint density at radius 2 is 2.00 bits per heavy atom. The lowest BCUT2D eigenvalue weighted by Gasteiger charge is -2.02. The summed E-state index contributed by atoms with van der Waals surface area (Å²) in [5.41, 5.74) is 1.80. The van der Waals surface area contributed by atoms with Gasteiger partial charge in [-0.2, -0.15) is 0 Å². The van der Waals surface area contributed by atoms with Crippen molar-refractivity contribution in [2.24, 2.45) is 0 Å². The molecule has 0 heterocycles. The van der Waals surface area contributed by atoms with E-state index >= 15 is 0 Å². The Kier molecular flexibility index (Phi) is 4.70. The van der Waals surface area contributed by atoms with Crippen molar-refractivity contribution in [2.75, 3.05) is 7.11 Å². The number of rotatable bonds is 5. The summed E-state index contributed by atoms with van der Waals surface area (Å²) in [6.45, 7) is 2.04. The minimum Gasteiger partial charge on any atom is -0.469 e. The summed E-state index contributed by atoms with van der Waals surface area (Å²) >= 11 is 0. The van der Waals surface area contributed by atoms with E-state index in [4.69, 9.17) is 0 Å². The van der Waals surface area contributed by atoms with Gasteiger partial charge in [-0.25, -0.2) is 0 Å². The van der Waals surface area contributed by atoms with Crippen LogP contribution in [0.4, 0.5) is 0 Å². The molecule has 0 aromatic heterocycles. The van der Waals surface area contributed by atoms with E-state index in [0.29, 0.717) is 5.56 Å². The minimum absolute atomic E-state index is 0.0132. The molecular formula is C13H16O3. The molecule has 0 fully saturated rings. The third-order valence-corrected chi connectivity index (χ3v) is 2.44. The second kappa shape index (κ2) is 6.05. The van der Waals surface area contributed by atoms with Crippen molar-refractivity contribution in [3.8, 4) is 0 Å². The number of benzene rings is 1. The summed E-state index contributed by atoms with van der Waals surface area (Å²) in [5.74, 6) is -0.360. The van der Waals surface area contributed by atoms with Crippen LogP contribution in [0.3, 0.4) is 0 Å². The van der Waals surface area contributed by atoms with Crippen molar-refractivity contribution in [3.63, 3.8) is 0 Å². The maximum Gasteiger partial charge on any atom is 0.305 e. The van der Waals surface area contributed by atoms with Gasteiger partial charge in [0.2, 0.25) is 0 Å². The van der Waals surface area contributed by atoms with Gasteiger partial charge in [0.15, 0.2) is 5.78 Å². The molecule has 0 saturated carbocycles. The number of aryl methyl sites for hydroxylation is 1. The fourth-order valence-corrected chi connectivity index (χ4v) is 1.43. The lowest BCUT2D eigenvalue weighted by atomic mass is 10.0. The largest absolute Gasteiger partial charge is 0.469 e. The van der Waals surface area contributed by atoms with Crippen molar-refractivity contribution in [3.05, 3.63) is 35.4 Å². The van der Waals surface area contributed by atoms with Crippen molar-refractivity contribution in [1.82, 2.24) is 0 Å². The Morgan fingerprint density at radius 3 is 2.62 bits per heavy atom. The Labute approximate surface area is 95.4 Å². The van der Waals surface area contributed by atoms with Crippen LogP contribution in [-0.2, 0) is 16.0 Å². The van der Waals surface area contributed by atoms with Gasteiger partial charge in [0.25, 0.3) is 0 Å². The molecule has 16 heavy (non-hydrogen) atoms. The van der Waals surface area contributed by atoms with Crippen LogP contribution in [0.15, 0.2) is 24.3 Å². The molecule has 0 amide bonds. The monoisotopic (exact) mass is 220 g/mol. The van der Waals surface area contributed by atoms with Crippen LogP contribution in [0, 0.1) is 0 Å². The summed E-state index contributed by atoms with van der Waals surface area (Å²) in [6, 6.07) is 7.50. The highest BCUT2D eigenvalue weighted by atomic mass is 16.5. The number of esters is 1. The standard InChI is InChI=1S/C13H16O3/c1-3-10-5-4-6-11(9-10)12(14)7-8-13(15)16-2/h4-6,9H,3,7-8H2,1-2H3. The van der Waals surface area contributed by atoms with E-state index in [-0.39, 0.29) is 24.6 Å². The lowest BCUT2D eigenvalue weighted by molar-refractivity contribution is -0.140. The van der Waals surface area contributed by atoms with Gasteiger partial charge in [-0.3, -0.25) is 9.59 Å². The van der Waals surface area contributed by atoms with E-state index in [9.17, 15) is 9.59 Å². The molecule has 3 heteroatoms. The maximum absolute atomic E-state index is 11.7. The average Bonchev–Trinajstić information content (AvgIpc) is 2.35. The lowest BCUT2D eigenvalue weighted by Crippen LogP contribution is -2.06. The van der Waals surface area contributed by atoms with E-state index in [1.165, 1.54) is 7.11 Å². The van der Waals surface area contributed by atoms with Gasteiger partial charge in [-0.15, -0.1) is 0 Å². The van der Waals surface area contributed by atoms with Crippen LogP contribution in [-0.4, -0.2) is 18.9 Å². The van der Waals surface area contributed by atoms with Crippen LogP contribution in [0.25, 0.3) is 0 Å². The van der Waals surface area contributed by atoms with E-state index in [0.717, 1.165) is 12.0 Å². The van der Waals surface area contributed by atoms with E-state index in [2.05, 4.69) is 4.74 Å². The minimum atomic E-state index is -0.347. The zero-order valence-electron chi connectivity index (χ0n) is 9.66. The van der Waals surface area contributed by atoms with Crippen LogP contribution >= 0.6 is 0 Å². The zero-order chi connectivity index (χ0) is 12.0. The van der Waals surface area contributed by atoms with Crippen LogP contribution in [0.1, 0.15) is 35.7 Å². The Balaban J connectivity index is 2.62. The SMILES string of the molecule is CCc1cccc(C(=O)CCC(=O)OC)c1. The first-order valence-corrected chi connectivity index (χ1v) is 5.36. The summed E-state index contributed by atoms with van der Waals surface area (Å²) in [5, 5.41) is 0. The molecule has 0 aliphatic carbocycles. The number of methoxy groups -OCH3 is 1. The average molecular weight is 220 g/mol. The molecule has 0 bridgehead atoms. The third kappa shape index (κ3) is 3.50. The predicted molar refractivity (Wildman–Crippen MR) is 61.4 cm³/mol. The molecule has 0 atom stereocenters. The van der Waals surface area contributed by atoms with Crippen molar-refractivity contribution in [1.29, 1.82) is 0 Å². The summed E-state index contributed by atoms with van der Waals surface area (Å²) in [7, 11) is 1.32. The van der Waals surface area contributed by atoms with Gasteiger partial charge >= 0.3 is 5.97 Å². The second-order valence-corrected chi connectivity index (χ2v) is 3.55. The topological polar surface area (TPSA) is 43.4 Å². The molecule has 0 spiro atoms. The summed E-state index contributed by atoms with van der Waals surface area (Å²) in [6.07, 6.45) is 1.25. The number of hydrogen-bond donors (Lipinski definition) is 0. The second-order valence-electron chi connectivity index (χ2n) is 3.55. The number of ketones is 1. The van der Waals surface area contributed by atoms with Gasteiger partial charge in [-0.1, -0.05) is 25.1 Å².